The molecular formula is C17H14O2. The van der Waals surface area contributed by atoms with Gasteiger partial charge in [-0.2, -0.15) is 0 Å². The summed E-state index contributed by atoms with van der Waals surface area (Å²) in [6.07, 6.45) is 5.84. The first kappa shape index (κ1) is 12.0. The van der Waals surface area contributed by atoms with Crippen LogP contribution in [-0.2, 0) is 9.47 Å². The van der Waals surface area contributed by atoms with Crippen LogP contribution in [0, 0.1) is 12.5 Å². The first-order chi connectivity index (χ1) is 9.43. The van der Waals surface area contributed by atoms with Crippen LogP contribution in [0.2, 0.25) is 0 Å². The molecule has 0 fully saturated rings. The Bertz CT molecular complexity index is 486. The molecule has 1 atom stereocenters. The molecule has 2 aromatic rings. The lowest BCUT2D eigenvalue weighted by Gasteiger charge is -2.21. The highest BCUT2D eigenvalue weighted by Gasteiger charge is 2.23. The number of hydrogen-bond acceptors (Lipinski definition) is 2. The van der Waals surface area contributed by atoms with E-state index in [0.29, 0.717) is 0 Å². The fourth-order valence-electron chi connectivity index (χ4n) is 1.97. The van der Waals surface area contributed by atoms with Gasteiger partial charge in [0, 0.05) is 0 Å². The molecule has 19 heavy (non-hydrogen) atoms. The van der Waals surface area contributed by atoms with Gasteiger partial charge >= 0.3 is 0 Å². The van der Waals surface area contributed by atoms with E-state index in [4.69, 9.17) is 9.47 Å². The van der Waals surface area contributed by atoms with Gasteiger partial charge in [-0.25, -0.2) is 0 Å². The molecule has 1 unspecified atom stereocenters. The van der Waals surface area contributed by atoms with Crippen molar-refractivity contribution < 1.29 is 9.47 Å². The highest BCUT2D eigenvalue weighted by Crippen LogP contribution is 2.28. The van der Waals surface area contributed by atoms with Gasteiger partial charge in [0.25, 0.3) is 0 Å². The van der Waals surface area contributed by atoms with Gasteiger partial charge in [0.1, 0.15) is 0 Å². The van der Waals surface area contributed by atoms with Gasteiger partial charge in [0.2, 0.25) is 6.29 Å². The number of rotatable bonds is 4. The molecule has 2 aromatic carbocycles. The summed E-state index contributed by atoms with van der Waals surface area (Å²) < 4.78 is 11.3. The molecule has 2 heteroatoms. The Labute approximate surface area is 113 Å². The minimum Gasteiger partial charge on any atom is -0.472 e. The van der Waals surface area contributed by atoms with E-state index in [9.17, 15) is 0 Å². The Morgan fingerprint density at radius 3 is 1.89 bits per heavy atom. The van der Waals surface area contributed by atoms with Crippen LogP contribution in [0.4, 0.5) is 0 Å². The van der Waals surface area contributed by atoms with E-state index >= 15 is 0 Å². The van der Waals surface area contributed by atoms with Crippen molar-refractivity contribution in [1.29, 1.82) is 0 Å². The summed E-state index contributed by atoms with van der Waals surface area (Å²) in [5, 5.41) is 0. The van der Waals surface area contributed by atoms with Crippen molar-refractivity contribution in [2.24, 2.45) is 0 Å². The van der Waals surface area contributed by atoms with Gasteiger partial charge in [-0.15, -0.1) is 0 Å². The maximum absolute atomic E-state index is 5.96. The predicted molar refractivity (Wildman–Crippen MR) is 73.7 cm³/mol. The van der Waals surface area contributed by atoms with E-state index in [-0.39, 0.29) is 6.29 Å². The summed E-state index contributed by atoms with van der Waals surface area (Å²) in [5.41, 5.74) is 2.08. The van der Waals surface area contributed by atoms with Crippen molar-refractivity contribution in [3.63, 3.8) is 0 Å². The van der Waals surface area contributed by atoms with Crippen LogP contribution < -0.4 is 0 Å². The van der Waals surface area contributed by atoms with Gasteiger partial charge in [-0.1, -0.05) is 60.7 Å². The molecule has 0 N–H and O–H groups in total. The van der Waals surface area contributed by atoms with Crippen LogP contribution in [0.15, 0.2) is 73.0 Å². The summed E-state index contributed by atoms with van der Waals surface area (Å²) in [6.45, 7) is 0. The van der Waals surface area contributed by atoms with E-state index in [2.05, 4.69) is 0 Å². The minimum atomic E-state index is -0.351. The highest BCUT2D eigenvalue weighted by molar-refractivity contribution is 5.42. The van der Waals surface area contributed by atoms with Crippen molar-refractivity contribution >= 4 is 0 Å². The van der Waals surface area contributed by atoms with Crippen LogP contribution in [0.5, 0.6) is 0 Å². The second kappa shape index (κ2) is 5.72. The van der Waals surface area contributed by atoms with Crippen LogP contribution in [0.3, 0.4) is 0 Å². The third-order valence-electron chi connectivity index (χ3n) is 2.87. The zero-order valence-electron chi connectivity index (χ0n) is 10.4. The standard InChI is InChI=1S/C17H14O2/c1-3-8-14(9-4-1)17(15-10-5-2-6-11-15)19-16-12-7-13-18-16/h1-13,16H. The monoisotopic (exact) mass is 250 g/mol. The third kappa shape index (κ3) is 2.85. The molecule has 2 radical (unpaired) electrons. The van der Waals surface area contributed by atoms with Crippen molar-refractivity contribution in [1.82, 2.24) is 0 Å². The molecule has 0 saturated carbocycles. The Kier molecular flexibility index (Phi) is 3.61. The number of hydrogen-bond donors (Lipinski definition) is 0. The minimum absolute atomic E-state index is 0.351. The number of ether oxygens (including phenoxy) is 2. The Morgan fingerprint density at radius 2 is 1.42 bits per heavy atom. The summed E-state index contributed by atoms with van der Waals surface area (Å²) in [6, 6.07) is 20.1. The molecule has 1 heterocycles. The topological polar surface area (TPSA) is 18.5 Å². The SMILES string of the molecule is [CH]1C=COC1O[C](c1ccccc1)c1ccccc1. The maximum Gasteiger partial charge on any atom is 0.207 e. The Morgan fingerprint density at radius 1 is 0.842 bits per heavy atom. The molecule has 0 aromatic heterocycles. The lowest BCUT2D eigenvalue weighted by atomic mass is 10.0. The lowest BCUT2D eigenvalue weighted by molar-refractivity contribution is -0.0519. The van der Waals surface area contributed by atoms with Crippen LogP contribution in [0.25, 0.3) is 0 Å². The molecule has 1 aliphatic heterocycles. The molecule has 2 nitrogen and oxygen atoms in total. The van der Waals surface area contributed by atoms with Gasteiger partial charge in [0.15, 0.2) is 6.10 Å². The Hall–Kier alpha value is -2.06. The molecule has 0 spiro atoms. The van der Waals surface area contributed by atoms with Crippen molar-refractivity contribution in [2.75, 3.05) is 0 Å². The van der Waals surface area contributed by atoms with Crippen LogP contribution >= 0.6 is 0 Å². The second-order valence-electron chi connectivity index (χ2n) is 4.20. The first-order valence-electron chi connectivity index (χ1n) is 6.23. The zero-order valence-corrected chi connectivity index (χ0v) is 10.4. The normalized spacial score (nSPS) is 17.6. The second-order valence-corrected chi connectivity index (χ2v) is 4.20. The van der Waals surface area contributed by atoms with Crippen molar-refractivity contribution in [3.8, 4) is 0 Å². The zero-order chi connectivity index (χ0) is 12.9. The average molecular weight is 250 g/mol. The molecule has 3 rings (SSSR count). The summed E-state index contributed by atoms with van der Waals surface area (Å²) in [7, 11) is 0. The van der Waals surface area contributed by atoms with E-state index in [1.54, 1.807) is 6.26 Å². The molecule has 0 saturated heterocycles. The van der Waals surface area contributed by atoms with E-state index < -0.39 is 0 Å². The van der Waals surface area contributed by atoms with Gasteiger partial charge in [0.05, 0.1) is 12.7 Å². The molecule has 0 aliphatic carbocycles. The third-order valence-corrected chi connectivity index (χ3v) is 2.87. The lowest BCUT2D eigenvalue weighted by Crippen LogP contribution is -2.17. The Balaban J connectivity index is 1.87. The fourth-order valence-corrected chi connectivity index (χ4v) is 1.97. The number of benzene rings is 2. The van der Waals surface area contributed by atoms with E-state index in [1.165, 1.54) is 0 Å². The van der Waals surface area contributed by atoms with Crippen molar-refractivity contribution in [2.45, 2.75) is 6.29 Å². The van der Waals surface area contributed by atoms with E-state index in [1.807, 2.05) is 73.2 Å². The predicted octanol–water partition coefficient (Wildman–Crippen LogP) is 3.71. The van der Waals surface area contributed by atoms with Crippen molar-refractivity contribution in [3.05, 3.63) is 96.7 Å². The molecule has 1 aliphatic rings. The molecule has 0 amide bonds. The average Bonchev–Trinajstić information content (AvgIpc) is 3.00. The smallest absolute Gasteiger partial charge is 0.207 e. The molecule has 94 valence electrons. The van der Waals surface area contributed by atoms with Gasteiger partial charge < -0.3 is 9.47 Å². The van der Waals surface area contributed by atoms with Crippen LogP contribution in [-0.4, -0.2) is 6.29 Å². The maximum atomic E-state index is 5.96. The quantitative estimate of drug-likeness (QED) is 0.823. The van der Waals surface area contributed by atoms with Crippen LogP contribution in [0.1, 0.15) is 11.1 Å². The largest absolute Gasteiger partial charge is 0.472 e. The summed E-state index contributed by atoms with van der Waals surface area (Å²) in [5.74, 6) is 0. The van der Waals surface area contributed by atoms with Gasteiger partial charge in [-0.3, -0.25) is 0 Å². The van der Waals surface area contributed by atoms with Gasteiger partial charge in [-0.05, 0) is 17.2 Å². The molecular weight excluding hydrogens is 236 g/mol. The molecule has 0 bridgehead atoms. The summed E-state index contributed by atoms with van der Waals surface area (Å²) in [4.78, 5) is 0. The fraction of sp³-hybridized carbons (Fsp3) is 0.0588. The first-order valence-corrected chi connectivity index (χ1v) is 6.23. The summed E-state index contributed by atoms with van der Waals surface area (Å²) >= 11 is 0. The highest BCUT2D eigenvalue weighted by atomic mass is 16.7. The van der Waals surface area contributed by atoms with E-state index in [0.717, 1.165) is 17.2 Å².